The van der Waals surface area contributed by atoms with Gasteiger partial charge in [0, 0.05) is 12.4 Å². The van der Waals surface area contributed by atoms with Crippen molar-refractivity contribution in [2.24, 2.45) is 0 Å². The third-order valence-corrected chi connectivity index (χ3v) is 2.88. The summed E-state index contributed by atoms with van der Waals surface area (Å²) in [5, 5.41) is 19.7. The minimum absolute atomic E-state index is 0.447. The number of aromatic nitrogens is 2. The van der Waals surface area contributed by atoms with E-state index in [0.29, 0.717) is 23.3 Å². The molecule has 1 aromatic heterocycles. The van der Waals surface area contributed by atoms with E-state index in [0.717, 1.165) is 5.52 Å². The number of rotatable bonds is 4. The van der Waals surface area contributed by atoms with E-state index in [9.17, 15) is 10.2 Å². The molecular formula is C12H14N2O2S. The van der Waals surface area contributed by atoms with Crippen molar-refractivity contribution < 1.29 is 10.2 Å². The topological polar surface area (TPSA) is 66.2 Å². The van der Waals surface area contributed by atoms with E-state index < -0.39 is 12.2 Å². The number of nitrogens with zero attached hydrogens (tertiary/aromatic N) is 2. The second-order valence-corrected chi connectivity index (χ2v) is 4.28. The molecule has 5 heteroatoms. The van der Waals surface area contributed by atoms with Crippen LogP contribution in [0.4, 0.5) is 0 Å². The molecule has 0 bridgehead atoms. The molecule has 0 saturated heterocycles. The Bertz CT molecular complexity index is 507. The molecule has 4 nitrogen and oxygen atoms in total. The van der Waals surface area contributed by atoms with Gasteiger partial charge in [-0.2, -0.15) is 12.6 Å². The minimum Gasteiger partial charge on any atom is -0.390 e. The molecule has 2 N–H and O–H groups in total. The predicted molar refractivity (Wildman–Crippen MR) is 69.0 cm³/mol. The van der Waals surface area contributed by atoms with Gasteiger partial charge in [0.15, 0.2) is 0 Å². The number of hydrogen-bond acceptors (Lipinski definition) is 5. The second-order valence-electron chi connectivity index (χ2n) is 3.83. The summed E-state index contributed by atoms with van der Waals surface area (Å²) in [7, 11) is 0. The van der Waals surface area contributed by atoms with Crippen molar-refractivity contribution in [2.75, 3.05) is 5.75 Å². The highest BCUT2D eigenvalue weighted by molar-refractivity contribution is 7.80. The molecule has 0 aliphatic rings. The van der Waals surface area contributed by atoms with Crippen molar-refractivity contribution in [1.82, 2.24) is 9.97 Å². The highest BCUT2D eigenvalue weighted by Crippen LogP contribution is 2.22. The first-order valence-corrected chi connectivity index (χ1v) is 6.03. The Kier molecular flexibility index (Phi) is 3.93. The van der Waals surface area contributed by atoms with Crippen molar-refractivity contribution in [3.8, 4) is 0 Å². The first-order valence-electron chi connectivity index (χ1n) is 5.40. The van der Waals surface area contributed by atoms with Gasteiger partial charge in [-0.05, 0) is 29.9 Å². The molecule has 0 radical (unpaired) electrons. The van der Waals surface area contributed by atoms with E-state index in [4.69, 9.17) is 0 Å². The number of benzene rings is 1. The molecule has 90 valence electrons. The molecule has 2 unspecified atom stereocenters. The Morgan fingerprint density at radius 1 is 1.12 bits per heavy atom. The summed E-state index contributed by atoms with van der Waals surface area (Å²) in [6.07, 6.45) is 1.95. The molecule has 0 aliphatic carbocycles. The molecule has 2 atom stereocenters. The Labute approximate surface area is 105 Å². The maximum absolute atomic E-state index is 9.95. The van der Waals surface area contributed by atoms with Crippen molar-refractivity contribution >= 4 is 23.7 Å². The van der Waals surface area contributed by atoms with Gasteiger partial charge < -0.3 is 10.2 Å². The number of thiol groups is 1. The van der Waals surface area contributed by atoms with Crippen LogP contribution >= 0.6 is 12.6 Å². The fourth-order valence-corrected chi connectivity index (χ4v) is 1.94. The Morgan fingerprint density at radius 3 is 2.53 bits per heavy atom. The van der Waals surface area contributed by atoms with Gasteiger partial charge in [-0.25, -0.2) is 0 Å². The van der Waals surface area contributed by atoms with Crippen molar-refractivity contribution in [2.45, 2.75) is 18.6 Å². The summed E-state index contributed by atoms with van der Waals surface area (Å²) in [6, 6.07) is 5.28. The standard InChI is InChI=1S/C12H14N2O2S/c15-11(3-6-17)12(16)8-1-2-9-10(7-8)14-5-4-13-9/h1-2,4-5,7,11-12,15-17H,3,6H2. The third-order valence-electron chi connectivity index (χ3n) is 2.62. The molecule has 0 spiro atoms. The SMILES string of the molecule is OC(CCS)C(O)c1ccc2nccnc2c1. The zero-order valence-corrected chi connectivity index (χ0v) is 10.1. The van der Waals surface area contributed by atoms with E-state index >= 15 is 0 Å². The van der Waals surface area contributed by atoms with Crippen LogP contribution in [0.1, 0.15) is 18.1 Å². The van der Waals surface area contributed by atoms with Crippen LogP contribution in [0.25, 0.3) is 11.0 Å². The smallest absolute Gasteiger partial charge is 0.105 e. The molecule has 0 saturated carbocycles. The molecule has 1 aromatic carbocycles. The van der Waals surface area contributed by atoms with Crippen molar-refractivity contribution in [1.29, 1.82) is 0 Å². The molecule has 2 rings (SSSR count). The highest BCUT2D eigenvalue weighted by atomic mass is 32.1. The number of aliphatic hydroxyl groups excluding tert-OH is 2. The van der Waals surface area contributed by atoms with Crippen LogP contribution in [-0.2, 0) is 0 Å². The van der Waals surface area contributed by atoms with Gasteiger partial charge in [-0.15, -0.1) is 0 Å². The number of hydrogen-bond donors (Lipinski definition) is 3. The van der Waals surface area contributed by atoms with E-state index in [1.54, 1.807) is 30.6 Å². The number of aliphatic hydroxyl groups is 2. The maximum Gasteiger partial charge on any atom is 0.105 e. The zero-order chi connectivity index (χ0) is 12.3. The maximum atomic E-state index is 9.95. The van der Waals surface area contributed by atoms with Crippen LogP contribution < -0.4 is 0 Å². The second kappa shape index (κ2) is 5.44. The molecule has 0 fully saturated rings. The molecule has 17 heavy (non-hydrogen) atoms. The lowest BCUT2D eigenvalue weighted by Gasteiger charge is -2.17. The van der Waals surface area contributed by atoms with Crippen LogP contribution in [0.5, 0.6) is 0 Å². The average Bonchev–Trinajstić information content (AvgIpc) is 2.37. The normalized spacial score (nSPS) is 14.8. The van der Waals surface area contributed by atoms with Gasteiger partial charge in [0.2, 0.25) is 0 Å². The predicted octanol–water partition coefficient (Wildman–Crippen LogP) is 1.34. The molecule has 2 aromatic rings. The Morgan fingerprint density at radius 2 is 1.82 bits per heavy atom. The van der Waals surface area contributed by atoms with Gasteiger partial charge >= 0.3 is 0 Å². The summed E-state index contributed by atoms with van der Waals surface area (Å²) in [5.74, 6) is 0.533. The first kappa shape index (κ1) is 12.3. The zero-order valence-electron chi connectivity index (χ0n) is 9.19. The van der Waals surface area contributed by atoms with Crippen LogP contribution in [0, 0.1) is 0 Å². The average molecular weight is 250 g/mol. The molecule has 0 aliphatic heterocycles. The lowest BCUT2D eigenvalue weighted by molar-refractivity contribution is 0.0173. The lowest BCUT2D eigenvalue weighted by atomic mass is 10.0. The van der Waals surface area contributed by atoms with E-state index in [1.807, 2.05) is 0 Å². The summed E-state index contributed by atoms with van der Waals surface area (Å²) in [4.78, 5) is 8.30. The van der Waals surface area contributed by atoms with Crippen molar-refractivity contribution in [3.63, 3.8) is 0 Å². The fraction of sp³-hybridized carbons (Fsp3) is 0.333. The van der Waals surface area contributed by atoms with Crippen LogP contribution in [0.2, 0.25) is 0 Å². The van der Waals surface area contributed by atoms with E-state index in [2.05, 4.69) is 22.6 Å². The quantitative estimate of drug-likeness (QED) is 0.716. The summed E-state index contributed by atoms with van der Waals surface area (Å²) < 4.78 is 0. The Balaban J connectivity index is 2.29. The van der Waals surface area contributed by atoms with Gasteiger partial charge in [0.25, 0.3) is 0 Å². The molecular weight excluding hydrogens is 236 g/mol. The van der Waals surface area contributed by atoms with Crippen LogP contribution in [0.15, 0.2) is 30.6 Å². The molecule has 0 amide bonds. The van der Waals surface area contributed by atoms with Crippen molar-refractivity contribution in [3.05, 3.63) is 36.2 Å². The largest absolute Gasteiger partial charge is 0.390 e. The fourth-order valence-electron chi connectivity index (χ4n) is 1.68. The highest BCUT2D eigenvalue weighted by Gasteiger charge is 2.17. The number of fused-ring (bicyclic) bond motifs is 1. The van der Waals surface area contributed by atoms with Crippen LogP contribution in [-0.4, -0.2) is 32.0 Å². The van der Waals surface area contributed by atoms with Gasteiger partial charge in [-0.1, -0.05) is 6.07 Å². The van der Waals surface area contributed by atoms with E-state index in [1.165, 1.54) is 0 Å². The van der Waals surface area contributed by atoms with Crippen LogP contribution in [0.3, 0.4) is 0 Å². The minimum atomic E-state index is -0.909. The summed E-state index contributed by atoms with van der Waals surface area (Å²) in [5.41, 5.74) is 2.13. The third kappa shape index (κ3) is 2.74. The summed E-state index contributed by atoms with van der Waals surface area (Å²) >= 11 is 4.03. The lowest BCUT2D eigenvalue weighted by Crippen LogP contribution is -2.18. The van der Waals surface area contributed by atoms with E-state index in [-0.39, 0.29) is 0 Å². The molecule has 1 heterocycles. The summed E-state index contributed by atoms with van der Waals surface area (Å²) in [6.45, 7) is 0. The van der Waals surface area contributed by atoms with Gasteiger partial charge in [-0.3, -0.25) is 9.97 Å². The van der Waals surface area contributed by atoms with Gasteiger partial charge in [0.1, 0.15) is 6.10 Å². The monoisotopic (exact) mass is 250 g/mol. The Hall–Kier alpha value is -1.17. The van der Waals surface area contributed by atoms with Gasteiger partial charge in [0.05, 0.1) is 17.1 Å². The first-order chi connectivity index (χ1) is 8.22.